The van der Waals surface area contributed by atoms with Gasteiger partial charge < -0.3 is 11.1 Å². The zero-order valence-electron chi connectivity index (χ0n) is 9.98. The van der Waals surface area contributed by atoms with Crippen LogP contribution in [0.1, 0.15) is 13.8 Å². The Morgan fingerprint density at radius 1 is 1.44 bits per heavy atom. The van der Waals surface area contributed by atoms with Gasteiger partial charge >= 0.3 is 0 Å². The summed E-state index contributed by atoms with van der Waals surface area (Å²) >= 11 is 7.15. The highest BCUT2D eigenvalue weighted by Crippen LogP contribution is 2.30. The van der Waals surface area contributed by atoms with Crippen LogP contribution >= 0.6 is 23.3 Å². The van der Waals surface area contributed by atoms with Crippen LogP contribution in [0.2, 0.25) is 5.02 Å². The van der Waals surface area contributed by atoms with Crippen molar-refractivity contribution < 1.29 is 4.79 Å². The van der Waals surface area contributed by atoms with Crippen LogP contribution in [-0.4, -0.2) is 20.7 Å². The van der Waals surface area contributed by atoms with Crippen LogP contribution in [-0.2, 0) is 4.79 Å². The second kappa shape index (κ2) is 5.17. The van der Waals surface area contributed by atoms with E-state index in [1.54, 1.807) is 12.1 Å². The Morgan fingerprint density at radius 3 is 2.83 bits per heavy atom. The molecule has 0 aliphatic carbocycles. The van der Waals surface area contributed by atoms with Gasteiger partial charge in [0.15, 0.2) is 0 Å². The van der Waals surface area contributed by atoms with Crippen LogP contribution in [0.25, 0.3) is 11.0 Å². The number of nitrogens with two attached hydrogens (primary N) is 1. The second-order valence-corrected chi connectivity index (χ2v) is 5.25. The van der Waals surface area contributed by atoms with Crippen LogP contribution in [0.4, 0.5) is 5.69 Å². The summed E-state index contributed by atoms with van der Waals surface area (Å²) in [5, 5.41) is 3.16. The van der Waals surface area contributed by atoms with Crippen molar-refractivity contribution in [1.82, 2.24) is 8.75 Å². The monoisotopic (exact) mass is 284 g/mol. The van der Waals surface area contributed by atoms with Gasteiger partial charge in [-0.2, -0.15) is 8.75 Å². The summed E-state index contributed by atoms with van der Waals surface area (Å²) in [6, 6.07) is 2.86. The van der Waals surface area contributed by atoms with E-state index in [-0.39, 0.29) is 11.8 Å². The molecule has 0 spiro atoms. The number of anilines is 1. The van der Waals surface area contributed by atoms with E-state index in [2.05, 4.69) is 14.1 Å². The predicted octanol–water partition coefficient (Wildman–Crippen LogP) is 2.27. The molecule has 1 unspecified atom stereocenters. The maximum absolute atomic E-state index is 11.9. The van der Waals surface area contributed by atoms with Gasteiger partial charge in [-0.1, -0.05) is 25.4 Å². The number of halogens is 1. The molecule has 0 fully saturated rings. The van der Waals surface area contributed by atoms with Crippen molar-refractivity contribution in [3.05, 3.63) is 17.2 Å². The molecule has 1 heterocycles. The van der Waals surface area contributed by atoms with E-state index in [1.807, 2.05) is 13.8 Å². The molecule has 0 saturated carbocycles. The van der Waals surface area contributed by atoms with Gasteiger partial charge in [-0.15, -0.1) is 0 Å². The lowest BCUT2D eigenvalue weighted by Gasteiger charge is -2.16. The third-order valence-corrected chi connectivity index (χ3v) is 3.50. The average molecular weight is 285 g/mol. The van der Waals surface area contributed by atoms with Crippen molar-refractivity contribution in [3.8, 4) is 0 Å². The summed E-state index contributed by atoms with van der Waals surface area (Å²) in [7, 11) is 0. The lowest BCUT2D eigenvalue weighted by atomic mass is 10.0. The Hall–Kier alpha value is -1.24. The van der Waals surface area contributed by atoms with Crippen LogP contribution in [0.5, 0.6) is 0 Å². The quantitative estimate of drug-likeness (QED) is 0.906. The Labute approximate surface area is 114 Å². The minimum Gasteiger partial charge on any atom is -0.322 e. The van der Waals surface area contributed by atoms with E-state index in [0.717, 1.165) is 11.7 Å². The Kier molecular flexibility index (Phi) is 3.79. The van der Waals surface area contributed by atoms with Gasteiger partial charge in [0.25, 0.3) is 0 Å². The van der Waals surface area contributed by atoms with Crippen LogP contribution in [0.3, 0.4) is 0 Å². The normalized spacial score (nSPS) is 12.9. The zero-order chi connectivity index (χ0) is 13.3. The number of carbonyl (C=O) groups excluding carboxylic acids is 1. The zero-order valence-corrected chi connectivity index (χ0v) is 11.5. The molecule has 2 rings (SSSR count). The number of hydrogen-bond donors (Lipinski definition) is 2. The van der Waals surface area contributed by atoms with Gasteiger partial charge in [-0.3, -0.25) is 4.79 Å². The van der Waals surface area contributed by atoms with Crippen LogP contribution in [0, 0.1) is 5.92 Å². The molecule has 1 aromatic carbocycles. The van der Waals surface area contributed by atoms with Crippen molar-refractivity contribution >= 4 is 46.0 Å². The highest BCUT2D eigenvalue weighted by molar-refractivity contribution is 7.00. The molecule has 3 N–H and O–H groups in total. The number of benzene rings is 1. The van der Waals surface area contributed by atoms with Gasteiger partial charge in [0, 0.05) is 0 Å². The summed E-state index contributed by atoms with van der Waals surface area (Å²) in [6.07, 6.45) is 0. The Bertz CT molecular complexity index is 583. The fourth-order valence-electron chi connectivity index (χ4n) is 1.46. The van der Waals surface area contributed by atoms with Crippen LogP contribution in [0.15, 0.2) is 12.1 Å². The van der Waals surface area contributed by atoms with E-state index in [1.165, 1.54) is 0 Å². The van der Waals surface area contributed by atoms with E-state index >= 15 is 0 Å². The molecule has 0 bridgehead atoms. The molecule has 0 radical (unpaired) electrons. The molecule has 7 heteroatoms. The molecule has 5 nitrogen and oxygen atoms in total. The van der Waals surface area contributed by atoms with Gasteiger partial charge in [0.05, 0.1) is 28.5 Å². The molecular formula is C11H13ClN4OS. The van der Waals surface area contributed by atoms with Crippen molar-refractivity contribution in [2.75, 3.05) is 5.32 Å². The largest absolute Gasteiger partial charge is 0.322 e. The first-order chi connectivity index (χ1) is 8.50. The predicted molar refractivity (Wildman–Crippen MR) is 73.9 cm³/mol. The second-order valence-electron chi connectivity index (χ2n) is 4.31. The number of amides is 1. The first kappa shape index (κ1) is 13.2. The number of hydrogen-bond acceptors (Lipinski definition) is 5. The molecule has 0 aliphatic rings. The number of carbonyl (C=O) groups is 1. The molecule has 1 aromatic heterocycles. The molecule has 1 amide bonds. The maximum atomic E-state index is 11.9. The fraction of sp³-hybridized carbons (Fsp3) is 0.364. The first-order valence-corrected chi connectivity index (χ1v) is 6.58. The molecule has 0 saturated heterocycles. The minimum absolute atomic E-state index is 0.0523. The highest BCUT2D eigenvalue weighted by Gasteiger charge is 2.20. The molecule has 18 heavy (non-hydrogen) atoms. The topological polar surface area (TPSA) is 80.9 Å². The minimum atomic E-state index is -0.581. The Morgan fingerprint density at radius 2 is 2.17 bits per heavy atom. The number of nitrogens with zero attached hydrogens (tertiary/aromatic N) is 2. The molecule has 96 valence electrons. The standard InChI is InChI=1S/C11H13ClN4OS/c1-5(2)8(13)11(17)14-9-6(12)3-4-7-10(9)16-18-15-7/h3-5,8H,13H2,1-2H3,(H,14,17). The van der Waals surface area contributed by atoms with Gasteiger partial charge in [-0.25, -0.2) is 0 Å². The van der Waals surface area contributed by atoms with Crippen molar-refractivity contribution in [1.29, 1.82) is 0 Å². The highest BCUT2D eigenvalue weighted by atomic mass is 35.5. The summed E-state index contributed by atoms with van der Waals surface area (Å²) in [4.78, 5) is 11.9. The molecular weight excluding hydrogens is 272 g/mol. The van der Waals surface area contributed by atoms with E-state index < -0.39 is 6.04 Å². The summed E-state index contributed by atoms with van der Waals surface area (Å²) in [6.45, 7) is 3.77. The van der Waals surface area contributed by atoms with Crippen LogP contribution < -0.4 is 11.1 Å². The number of nitrogens with one attached hydrogen (secondary N) is 1. The van der Waals surface area contributed by atoms with E-state index in [0.29, 0.717) is 21.7 Å². The summed E-state index contributed by atoms with van der Waals surface area (Å²) < 4.78 is 8.22. The SMILES string of the molecule is CC(C)C(N)C(=O)Nc1c(Cl)ccc2nsnc12. The Balaban J connectivity index is 2.34. The third kappa shape index (κ3) is 2.45. The van der Waals surface area contributed by atoms with Gasteiger partial charge in [-0.05, 0) is 18.1 Å². The van der Waals surface area contributed by atoms with Crippen molar-refractivity contribution in [2.45, 2.75) is 19.9 Å². The fourth-order valence-corrected chi connectivity index (χ4v) is 2.20. The average Bonchev–Trinajstić information content (AvgIpc) is 2.79. The maximum Gasteiger partial charge on any atom is 0.241 e. The van der Waals surface area contributed by atoms with Gasteiger partial charge in [0.1, 0.15) is 11.0 Å². The van der Waals surface area contributed by atoms with Crippen molar-refractivity contribution in [3.63, 3.8) is 0 Å². The number of fused-ring (bicyclic) bond motifs is 1. The molecule has 2 aromatic rings. The molecule has 1 atom stereocenters. The van der Waals surface area contributed by atoms with Crippen molar-refractivity contribution in [2.24, 2.45) is 11.7 Å². The van der Waals surface area contributed by atoms with E-state index in [9.17, 15) is 4.79 Å². The van der Waals surface area contributed by atoms with Gasteiger partial charge in [0.2, 0.25) is 5.91 Å². The van der Waals surface area contributed by atoms with E-state index in [4.69, 9.17) is 17.3 Å². The number of rotatable bonds is 3. The number of aromatic nitrogens is 2. The summed E-state index contributed by atoms with van der Waals surface area (Å²) in [5.74, 6) is -0.219. The first-order valence-electron chi connectivity index (χ1n) is 5.48. The third-order valence-electron chi connectivity index (χ3n) is 2.65. The summed E-state index contributed by atoms with van der Waals surface area (Å²) in [5.41, 5.74) is 7.57. The molecule has 0 aliphatic heterocycles. The lowest BCUT2D eigenvalue weighted by molar-refractivity contribution is -0.118. The smallest absolute Gasteiger partial charge is 0.241 e. The lowest BCUT2D eigenvalue weighted by Crippen LogP contribution is -2.39.